The van der Waals surface area contributed by atoms with Gasteiger partial charge in [0.2, 0.25) is 0 Å². The number of carbonyl (C=O) groups excluding carboxylic acids is 1. The van der Waals surface area contributed by atoms with Crippen LogP contribution in [-0.4, -0.2) is 5.97 Å². The van der Waals surface area contributed by atoms with E-state index in [1.807, 2.05) is 24.3 Å². The van der Waals surface area contributed by atoms with Crippen molar-refractivity contribution in [1.29, 1.82) is 0 Å². The van der Waals surface area contributed by atoms with Crippen LogP contribution < -0.4 is 0 Å². The number of allylic oxidation sites excluding steroid dienone is 2. The molecule has 4 rings (SSSR count). The van der Waals surface area contributed by atoms with Gasteiger partial charge >= 0.3 is 5.97 Å². The Balaban J connectivity index is 1.93. The van der Waals surface area contributed by atoms with Crippen molar-refractivity contribution in [2.75, 3.05) is 0 Å². The number of rotatable bonds is 1. The lowest BCUT2D eigenvalue weighted by molar-refractivity contribution is -0.134. The first-order valence-electron chi connectivity index (χ1n) is 7.04. The number of esters is 1. The van der Waals surface area contributed by atoms with Crippen LogP contribution >= 0.6 is 0 Å². The Labute approximate surface area is 123 Å². The summed E-state index contributed by atoms with van der Waals surface area (Å²) in [6.45, 7) is 1.44. The second-order valence-electron chi connectivity index (χ2n) is 5.40. The summed E-state index contributed by atoms with van der Waals surface area (Å²) in [7, 11) is 0. The summed E-state index contributed by atoms with van der Waals surface area (Å²) >= 11 is 0. The van der Waals surface area contributed by atoms with Crippen molar-refractivity contribution < 1.29 is 9.53 Å². The van der Waals surface area contributed by atoms with Crippen molar-refractivity contribution in [3.8, 4) is 0 Å². The Morgan fingerprint density at radius 2 is 1.67 bits per heavy atom. The second-order valence-corrected chi connectivity index (χ2v) is 5.40. The van der Waals surface area contributed by atoms with Gasteiger partial charge < -0.3 is 4.74 Å². The third-order valence-corrected chi connectivity index (χ3v) is 4.05. The lowest BCUT2D eigenvalue weighted by atomic mass is 9.81. The van der Waals surface area contributed by atoms with E-state index in [0.717, 1.165) is 5.56 Å². The van der Waals surface area contributed by atoms with Gasteiger partial charge in [-0.15, -0.1) is 0 Å². The predicted octanol–water partition coefficient (Wildman–Crippen LogP) is 4.13. The number of benzene rings is 2. The van der Waals surface area contributed by atoms with Crippen LogP contribution in [0.2, 0.25) is 0 Å². The average molecular weight is 274 g/mol. The first-order chi connectivity index (χ1) is 10.2. The Morgan fingerprint density at radius 3 is 2.48 bits per heavy atom. The third kappa shape index (κ3) is 1.83. The van der Waals surface area contributed by atoms with Gasteiger partial charge in [0.05, 0.1) is 0 Å². The molecule has 0 radical (unpaired) electrons. The summed E-state index contributed by atoms with van der Waals surface area (Å²) < 4.78 is 5.41. The Bertz CT molecular complexity index is 812. The molecule has 1 unspecified atom stereocenters. The Morgan fingerprint density at radius 1 is 0.952 bits per heavy atom. The van der Waals surface area contributed by atoms with Crippen LogP contribution in [0.1, 0.15) is 35.1 Å². The molecule has 2 aliphatic carbocycles. The molecule has 102 valence electrons. The minimum atomic E-state index is -0.286. The molecule has 0 fully saturated rings. The summed E-state index contributed by atoms with van der Waals surface area (Å²) in [5, 5.41) is 0. The second kappa shape index (κ2) is 4.45. The van der Waals surface area contributed by atoms with E-state index >= 15 is 0 Å². The van der Waals surface area contributed by atoms with Gasteiger partial charge in [0.1, 0.15) is 5.76 Å². The number of carbonyl (C=O) groups is 1. The maximum Gasteiger partial charge on any atom is 0.308 e. The van der Waals surface area contributed by atoms with Gasteiger partial charge in [-0.2, -0.15) is 0 Å². The number of hydrogen-bond donors (Lipinski definition) is 0. The van der Waals surface area contributed by atoms with Crippen LogP contribution in [0.15, 0.2) is 60.2 Å². The van der Waals surface area contributed by atoms with Crippen LogP contribution in [-0.2, 0) is 9.53 Å². The van der Waals surface area contributed by atoms with E-state index in [2.05, 4.69) is 36.4 Å². The molecule has 0 N–H and O–H groups in total. The summed E-state index contributed by atoms with van der Waals surface area (Å²) in [4.78, 5) is 11.3. The molecule has 2 aromatic rings. The zero-order chi connectivity index (χ0) is 14.4. The molecular formula is C19H14O2. The summed E-state index contributed by atoms with van der Waals surface area (Å²) in [5.74, 6) is 0.607. The molecule has 0 saturated heterocycles. The number of ether oxygens (including phenoxy) is 1. The van der Waals surface area contributed by atoms with Crippen LogP contribution in [0.25, 0.3) is 11.8 Å². The van der Waals surface area contributed by atoms with Gasteiger partial charge in [-0.25, -0.2) is 0 Å². The highest BCUT2D eigenvalue weighted by Crippen LogP contribution is 2.47. The van der Waals surface area contributed by atoms with E-state index in [-0.39, 0.29) is 11.9 Å². The molecule has 0 aromatic heterocycles. The molecule has 0 bridgehead atoms. The fourth-order valence-electron chi connectivity index (χ4n) is 3.26. The predicted molar refractivity (Wildman–Crippen MR) is 82.4 cm³/mol. The molecule has 0 aliphatic heterocycles. The smallest absolute Gasteiger partial charge is 0.308 e. The lowest BCUT2D eigenvalue weighted by Gasteiger charge is -2.25. The zero-order valence-corrected chi connectivity index (χ0v) is 11.7. The van der Waals surface area contributed by atoms with E-state index in [0.29, 0.717) is 5.76 Å². The molecule has 21 heavy (non-hydrogen) atoms. The maximum absolute atomic E-state index is 11.3. The van der Waals surface area contributed by atoms with Gasteiger partial charge in [-0.3, -0.25) is 4.79 Å². The monoisotopic (exact) mass is 274 g/mol. The quantitative estimate of drug-likeness (QED) is 0.731. The van der Waals surface area contributed by atoms with E-state index in [1.54, 1.807) is 0 Å². The zero-order valence-electron chi connectivity index (χ0n) is 11.7. The van der Waals surface area contributed by atoms with Gasteiger partial charge in [-0.1, -0.05) is 54.6 Å². The fourth-order valence-corrected chi connectivity index (χ4v) is 3.26. The summed E-state index contributed by atoms with van der Waals surface area (Å²) in [6, 6.07) is 16.6. The first kappa shape index (κ1) is 12.2. The van der Waals surface area contributed by atoms with E-state index in [4.69, 9.17) is 4.74 Å². The normalized spacial score (nSPS) is 18.0. The topological polar surface area (TPSA) is 26.3 Å². The SMILES string of the molecule is CC(=O)OC1=CC2=Cc3ccccc3C2c2ccccc21. The molecule has 0 spiro atoms. The van der Waals surface area contributed by atoms with Gasteiger partial charge in [0.25, 0.3) is 0 Å². The highest BCUT2D eigenvalue weighted by molar-refractivity contribution is 5.85. The molecule has 2 heteroatoms. The van der Waals surface area contributed by atoms with Gasteiger partial charge in [-0.05, 0) is 28.3 Å². The number of fused-ring (bicyclic) bond motifs is 5. The molecular weight excluding hydrogens is 260 g/mol. The van der Waals surface area contributed by atoms with Crippen molar-refractivity contribution in [1.82, 2.24) is 0 Å². The highest BCUT2D eigenvalue weighted by atomic mass is 16.5. The third-order valence-electron chi connectivity index (χ3n) is 4.05. The van der Waals surface area contributed by atoms with Gasteiger partial charge in [0.15, 0.2) is 0 Å². The summed E-state index contributed by atoms with van der Waals surface area (Å²) in [5.41, 5.74) is 5.95. The largest absolute Gasteiger partial charge is 0.426 e. The van der Waals surface area contributed by atoms with E-state index in [1.165, 1.54) is 29.2 Å². The summed E-state index contributed by atoms with van der Waals surface area (Å²) in [6.07, 6.45) is 4.17. The molecule has 0 heterocycles. The Hall–Kier alpha value is -2.61. The van der Waals surface area contributed by atoms with Crippen molar-refractivity contribution in [3.63, 3.8) is 0 Å². The van der Waals surface area contributed by atoms with Crippen molar-refractivity contribution in [2.45, 2.75) is 12.8 Å². The fraction of sp³-hybridized carbons (Fsp3) is 0.105. The van der Waals surface area contributed by atoms with Crippen molar-refractivity contribution in [2.24, 2.45) is 0 Å². The molecule has 0 amide bonds. The van der Waals surface area contributed by atoms with Crippen LogP contribution in [0.3, 0.4) is 0 Å². The minimum absolute atomic E-state index is 0.247. The Kier molecular flexibility index (Phi) is 2.58. The standard InChI is InChI=1S/C19H14O2/c1-12(20)21-18-11-14-10-13-6-2-3-7-15(13)19(14)17-9-5-4-8-16(17)18/h2-11,19H,1H3. The van der Waals surface area contributed by atoms with Crippen LogP contribution in [0.5, 0.6) is 0 Å². The molecule has 2 nitrogen and oxygen atoms in total. The molecule has 0 saturated carbocycles. The minimum Gasteiger partial charge on any atom is -0.426 e. The van der Waals surface area contributed by atoms with Gasteiger partial charge in [0, 0.05) is 18.4 Å². The van der Waals surface area contributed by atoms with E-state index in [9.17, 15) is 4.79 Å². The van der Waals surface area contributed by atoms with Crippen molar-refractivity contribution >= 4 is 17.8 Å². The maximum atomic E-state index is 11.3. The molecule has 2 aromatic carbocycles. The molecule has 1 atom stereocenters. The van der Waals surface area contributed by atoms with Crippen LogP contribution in [0.4, 0.5) is 0 Å². The van der Waals surface area contributed by atoms with E-state index < -0.39 is 0 Å². The van der Waals surface area contributed by atoms with Crippen LogP contribution in [0, 0.1) is 0 Å². The number of hydrogen-bond acceptors (Lipinski definition) is 2. The first-order valence-corrected chi connectivity index (χ1v) is 7.04. The lowest BCUT2D eigenvalue weighted by Crippen LogP contribution is -2.11. The highest BCUT2D eigenvalue weighted by Gasteiger charge is 2.32. The van der Waals surface area contributed by atoms with Crippen molar-refractivity contribution in [3.05, 3.63) is 82.4 Å². The average Bonchev–Trinajstić information content (AvgIpc) is 2.85. The molecule has 2 aliphatic rings.